The summed E-state index contributed by atoms with van der Waals surface area (Å²) in [5.41, 5.74) is 3.15. The second kappa shape index (κ2) is 9.80. The molecule has 172 valence electrons. The van der Waals surface area contributed by atoms with Crippen molar-refractivity contribution in [1.82, 2.24) is 9.97 Å². The minimum atomic E-state index is -4.48. The molecule has 0 aliphatic heterocycles. The van der Waals surface area contributed by atoms with Crippen LogP contribution in [0.3, 0.4) is 0 Å². The molecule has 0 aliphatic rings. The number of alkyl halides is 3. The number of amides is 1. The van der Waals surface area contributed by atoms with Crippen LogP contribution in [0.5, 0.6) is 0 Å². The van der Waals surface area contributed by atoms with Crippen LogP contribution in [0.25, 0.3) is 11.1 Å². The Morgan fingerprint density at radius 3 is 2.44 bits per heavy atom. The largest absolute Gasteiger partial charge is 0.416 e. The molecule has 0 saturated carbocycles. The molecule has 3 aromatic carbocycles. The van der Waals surface area contributed by atoms with Crippen LogP contribution < -0.4 is 10.6 Å². The molecular formula is C25H18F3IN4O. The van der Waals surface area contributed by atoms with E-state index in [1.807, 2.05) is 37.3 Å². The molecule has 34 heavy (non-hydrogen) atoms. The second-order valence-electron chi connectivity index (χ2n) is 7.48. The van der Waals surface area contributed by atoms with Gasteiger partial charge in [0.2, 0.25) is 0 Å². The van der Waals surface area contributed by atoms with E-state index < -0.39 is 17.6 Å². The van der Waals surface area contributed by atoms with Crippen LogP contribution in [-0.2, 0) is 6.18 Å². The number of aryl methyl sites for hydroxylation is 1. The van der Waals surface area contributed by atoms with Gasteiger partial charge in [-0.3, -0.25) is 4.79 Å². The van der Waals surface area contributed by atoms with Gasteiger partial charge in [0.15, 0.2) is 0 Å². The van der Waals surface area contributed by atoms with Gasteiger partial charge in [-0.25, -0.2) is 9.97 Å². The first-order valence-corrected chi connectivity index (χ1v) is 11.2. The van der Waals surface area contributed by atoms with Crippen molar-refractivity contribution in [3.63, 3.8) is 0 Å². The minimum absolute atomic E-state index is 0.0803. The van der Waals surface area contributed by atoms with Crippen molar-refractivity contribution in [2.24, 2.45) is 0 Å². The van der Waals surface area contributed by atoms with Crippen LogP contribution >= 0.6 is 22.6 Å². The normalized spacial score (nSPS) is 11.2. The molecule has 0 spiro atoms. The van der Waals surface area contributed by atoms with E-state index in [4.69, 9.17) is 0 Å². The molecule has 4 aromatic rings. The lowest BCUT2D eigenvalue weighted by Crippen LogP contribution is -2.13. The Labute approximate surface area is 207 Å². The van der Waals surface area contributed by atoms with Crippen LogP contribution in [0, 0.1) is 10.5 Å². The number of hydrogen-bond donors (Lipinski definition) is 2. The lowest BCUT2D eigenvalue weighted by molar-refractivity contribution is -0.137. The Kier molecular flexibility index (Phi) is 6.82. The number of anilines is 3. The zero-order valence-corrected chi connectivity index (χ0v) is 20.0. The topological polar surface area (TPSA) is 66.9 Å². The fourth-order valence-electron chi connectivity index (χ4n) is 3.33. The van der Waals surface area contributed by atoms with Crippen LogP contribution in [0.15, 0.2) is 79.3 Å². The maximum atomic E-state index is 13.0. The summed E-state index contributed by atoms with van der Waals surface area (Å²) in [7, 11) is 0. The zero-order valence-electron chi connectivity index (χ0n) is 17.8. The number of aromatic nitrogens is 2. The van der Waals surface area contributed by atoms with Crippen LogP contribution in [-0.4, -0.2) is 15.9 Å². The van der Waals surface area contributed by atoms with Crippen LogP contribution in [0.2, 0.25) is 0 Å². The van der Waals surface area contributed by atoms with Crippen molar-refractivity contribution in [2.75, 3.05) is 10.6 Å². The summed E-state index contributed by atoms with van der Waals surface area (Å²) in [5.74, 6) is 0.213. The van der Waals surface area contributed by atoms with E-state index in [2.05, 4.69) is 43.2 Å². The molecule has 0 saturated heterocycles. The fourth-order valence-corrected chi connectivity index (χ4v) is 3.76. The van der Waals surface area contributed by atoms with Gasteiger partial charge in [-0.05, 0) is 88.7 Å². The molecule has 1 amide bonds. The van der Waals surface area contributed by atoms with Crippen molar-refractivity contribution >= 4 is 45.7 Å². The Hall–Kier alpha value is -3.47. The lowest BCUT2D eigenvalue weighted by Gasteiger charge is -2.12. The maximum Gasteiger partial charge on any atom is 0.416 e. The molecule has 9 heteroatoms. The summed E-state index contributed by atoms with van der Waals surface area (Å²) >= 11 is 2.15. The van der Waals surface area contributed by atoms with Gasteiger partial charge in [0.05, 0.1) is 9.13 Å². The van der Waals surface area contributed by atoms with E-state index in [1.54, 1.807) is 18.3 Å². The molecule has 0 fully saturated rings. The third-order valence-electron chi connectivity index (χ3n) is 5.07. The SMILES string of the molecule is Cc1ccc(C(=O)Nc2cccc(C(F)(F)F)c2)cc1-c1ccc(Nc2ncncc2I)cc1. The van der Waals surface area contributed by atoms with Gasteiger partial charge in [0.1, 0.15) is 12.1 Å². The number of carbonyl (C=O) groups excluding carboxylic acids is 1. The van der Waals surface area contributed by atoms with E-state index in [1.165, 1.54) is 18.5 Å². The number of nitrogens with one attached hydrogen (secondary N) is 2. The molecule has 0 atom stereocenters. The highest BCUT2D eigenvalue weighted by Crippen LogP contribution is 2.31. The third-order valence-corrected chi connectivity index (χ3v) is 5.86. The Bertz CT molecular complexity index is 1340. The minimum Gasteiger partial charge on any atom is -0.339 e. The number of nitrogens with zero attached hydrogens (tertiary/aromatic N) is 2. The van der Waals surface area contributed by atoms with E-state index >= 15 is 0 Å². The summed E-state index contributed by atoms with van der Waals surface area (Å²) in [6, 6.07) is 17.4. The van der Waals surface area contributed by atoms with Gasteiger partial charge >= 0.3 is 6.18 Å². The molecule has 0 radical (unpaired) electrons. The summed E-state index contributed by atoms with van der Waals surface area (Å²) in [6.45, 7) is 1.93. The Morgan fingerprint density at radius 1 is 0.971 bits per heavy atom. The van der Waals surface area contributed by atoms with Crippen molar-refractivity contribution in [3.05, 3.63) is 99.5 Å². The number of benzene rings is 3. The Morgan fingerprint density at radius 2 is 1.74 bits per heavy atom. The first-order valence-electron chi connectivity index (χ1n) is 10.1. The van der Waals surface area contributed by atoms with Crippen molar-refractivity contribution in [3.8, 4) is 11.1 Å². The number of hydrogen-bond acceptors (Lipinski definition) is 4. The van der Waals surface area contributed by atoms with E-state index in [-0.39, 0.29) is 5.69 Å². The first-order chi connectivity index (χ1) is 16.2. The van der Waals surface area contributed by atoms with Gasteiger partial charge < -0.3 is 10.6 Å². The molecular weight excluding hydrogens is 556 g/mol. The van der Waals surface area contributed by atoms with Gasteiger partial charge in [0, 0.05) is 23.1 Å². The van der Waals surface area contributed by atoms with E-state index in [0.29, 0.717) is 11.4 Å². The average molecular weight is 574 g/mol. The monoisotopic (exact) mass is 574 g/mol. The molecule has 1 heterocycles. The van der Waals surface area contributed by atoms with E-state index in [9.17, 15) is 18.0 Å². The lowest BCUT2D eigenvalue weighted by atomic mass is 9.97. The predicted octanol–water partition coefficient (Wildman–Crippen LogP) is 7.07. The number of halogens is 4. The first kappa shape index (κ1) is 23.7. The molecule has 1 aromatic heterocycles. The summed E-state index contributed by atoms with van der Waals surface area (Å²) in [5, 5.41) is 5.78. The number of rotatable bonds is 5. The van der Waals surface area contributed by atoms with Crippen LogP contribution in [0.1, 0.15) is 21.5 Å². The van der Waals surface area contributed by atoms with Crippen molar-refractivity contribution in [2.45, 2.75) is 13.1 Å². The fraction of sp³-hybridized carbons (Fsp3) is 0.0800. The second-order valence-corrected chi connectivity index (χ2v) is 8.65. The standard InChI is InChI=1S/C25H18F3IN4O/c1-15-5-6-17(24(34)33-20-4-2-3-18(12-20)25(26,27)28)11-21(15)16-7-9-19(10-8-16)32-23-22(29)13-30-14-31-23/h2-14H,1H3,(H,33,34)(H,30,31,32). The predicted molar refractivity (Wildman–Crippen MR) is 134 cm³/mol. The molecule has 0 aliphatic carbocycles. The molecule has 5 nitrogen and oxygen atoms in total. The third kappa shape index (κ3) is 5.53. The number of carbonyl (C=O) groups is 1. The molecule has 0 unspecified atom stereocenters. The highest BCUT2D eigenvalue weighted by Gasteiger charge is 2.30. The maximum absolute atomic E-state index is 13.0. The summed E-state index contributed by atoms with van der Waals surface area (Å²) in [4.78, 5) is 20.9. The highest BCUT2D eigenvalue weighted by molar-refractivity contribution is 14.1. The average Bonchev–Trinajstić information content (AvgIpc) is 2.81. The van der Waals surface area contributed by atoms with Crippen molar-refractivity contribution in [1.29, 1.82) is 0 Å². The van der Waals surface area contributed by atoms with Crippen molar-refractivity contribution < 1.29 is 18.0 Å². The Balaban J connectivity index is 1.54. The molecule has 0 bridgehead atoms. The zero-order chi connectivity index (χ0) is 24.3. The smallest absolute Gasteiger partial charge is 0.339 e. The summed E-state index contributed by atoms with van der Waals surface area (Å²) in [6.07, 6.45) is -1.30. The van der Waals surface area contributed by atoms with Gasteiger partial charge in [0.25, 0.3) is 5.91 Å². The highest BCUT2D eigenvalue weighted by atomic mass is 127. The van der Waals surface area contributed by atoms with Crippen LogP contribution in [0.4, 0.5) is 30.4 Å². The summed E-state index contributed by atoms with van der Waals surface area (Å²) < 4.78 is 39.8. The van der Waals surface area contributed by atoms with E-state index in [0.717, 1.165) is 38.1 Å². The quantitative estimate of drug-likeness (QED) is 0.250. The van der Waals surface area contributed by atoms with Gasteiger partial charge in [-0.2, -0.15) is 13.2 Å². The van der Waals surface area contributed by atoms with Gasteiger partial charge in [-0.1, -0.05) is 24.3 Å². The molecule has 2 N–H and O–H groups in total. The molecule has 4 rings (SSSR count). The van der Waals surface area contributed by atoms with Gasteiger partial charge in [-0.15, -0.1) is 0 Å².